The van der Waals surface area contributed by atoms with E-state index >= 15 is 0 Å². The summed E-state index contributed by atoms with van der Waals surface area (Å²) in [6.45, 7) is 0.538. The van der Waals surface area contributed by atoms with Gasteiger partial charge in [-0.25, -0.2) is 4.98 Å². The third-order valence-electron chi connectivity index (χ3n) is 2.73. The molecule has 0 atom stereocenters. The van der Waals surface area contributed by atoms with Crippen molar-refractivity contribution < 1.29 is 9.66 Å². The van der Waals surface area contributed by atoms with E-state index in [0.717, 1.165) is 5.56 Å². The monoisotopic (exact) mass is 274 g/mol. The number of aromatic nitrogens is 1. The smallest absolute Gasteiger partial charge is 0.292 e. The van der Waals surface area contributed by atoms with Crippen LogP contribution in [0.15, 0.2) is 36.5 Å². The minimum absolute atomic E-state index is 0.0962. The van der Waals surface area contributed by atoms with Crippen LogP contribution in [0.25, 0.3) is 0 Å². The number of methoxy groups -OCH3 is 1. The molecule has 0 saturated carbocycles. The van der Waals surface area contributed by atoms with Crippen molar-refractivity contribution >= 4 is 17.1 Å². The van der Waals surface area contributed by atoms with Crippen LogP contribution in [0.5, 0.6) is 5.88 Å². The number of pyridine rings is 1. The molecule has 0 fully saturated rings. The van der Waals surface area contributed by atoms with E-state index in [1.807, 2.05) is 12.1 Å². The lowest BCUT2D eigenvalue weighted by Gasteiger charge is -2.08. The number of rotatable bonds is 5. The fourth-order valence-electron chi connectivity index (χ4n) is 1.71. The summed E-state index contributed by atoms with van der Waals surface area (Å²) in [6.07, 6.45) is 1.65. The highest BCUT2D eigenvalue weighted by atomic mass is 16.6. The third-order valence-corrected chi connectivity index (χ3v) is 2.73. The molecule has 0 unspecified atom stereocenters. The molecular formula is C13H14N4O3. The molecule has 7 nitrogen and oxygen atoms in total. The van der Waals surface area contributed by atoms with Crippen LogP contribution >= 0.6 is 0 Å². The summed E-state index contributed by atoms with van der Waals surface area (Å²) in [5.74, 6) is 0.535. The summed E-state index contributed by atoms with van der Waals surface area (Å²) in [6, 6.07) is 8.19. The quantitative estimate of drug-likeness (QED) is 0.492. The Balaban J connectivity index is 2.07. The Hall–Kier alpha value is -2.83. The van der Waals surface area contributed by atoms with Gasteiger partial charge in [-0.2, -0.15) is 0 Å². The van der Waals surface area contributed by atoms with E-state index in [1.165, 1.54) is 12.1 Å². The van der Waals surface area contributed by atoms with Gasteiger partial charge < -0.3 is 15.8 Å². The molecule has 0 amide bonds. The summed E-state index contributed by atoms with van der Waals surface area (Å²) in [4.78, 5) is 14.2. The van der Waals surface area contributed by atoms with E-state index in [9.17, 15) is 10.1 Å². The van der Waals surface area contributed by atoms with E-state index in [-0.39, 0.29) is 11.4 Å². The first-order chi connectivity index (χ1) is 9.60. The fraction of sp³-hybridized carbons (Fsp3) is 0.154. The molecule has 0 radical (unpaired) electrons. The summed E-state index contributed by atoms with van der Waals surface area (Å²) in [5.41, 5.74) is 7.35. The first kappa shape index (κ1) is 13.6. The molecule has 1 aromatic carbocycles. The molecule has 0 aliphatic rings. The van der Waals surface area contributed by atoms with Gasteiger partial charge >= 0.3 is 0 Å². The minimum atomic E-state index is -0.507. The summed E-state index contributed by atoms with van der Waals surface area (Å²) in [5, 5.41) is 13.8. The van der Waals surface area contributed by atoms with Crippen molar-refractivity contribution in [3.05, 3.63) is 52.2 Å². The van der Waals surface area contributed by atoms with Crippen LogP contribution < -0.4 is 15.8 Å². The number of nitro benzene ring substituents is 1. The summed E-state index contributed by atoms with van der Waals surface area (Å²) >= 11 is 0. The molecule has 0 saturated heterocycles. The lowest BCUT2D eigenvalue weighted by molar-refractivity contribution is -0.383. The molecular weight excluding hydrogens is 260 g/mol. The van der Waals surface area contributed by atoms with E-state index < -0.39 is 4.92 Å². The van der Waals surface area contributed by atoms with Gasteiger partial charge in [-0.1, -0.05) is 0 Å². The number of ether oxygens (including phenoxy) is 1. The molecule has 0 spiro atoms. The maximum Gasteiger partial charge on any atom is 0.292 e. The van der Waals surface area contributed by atoms with E-state index in [0.29, 0.717) is 18.1 Å². The molecule has 0 aliphatic heterocycles. The van der Waals surface area contributed by atoms with Gasteiger partial charge in [0, 0.05) is 30.6 Å². The normalized spacial score (nSPS) is 10.1. The first-order valence-corrected chi connectivity index (χ1v) is 5.87. The Morgan fingerprint density at radius 1 is 1.40 bits per heavy atom. The van der Waals surface area contributed by atoms with Crippen molar-refractivity contribution in [1.82, 2.24) is 4.98 Å². The van der Waals surface area contributed by atoms with Crippen molar-refractivity contribution in [2.24, 2.45) is 0 Å². The second-order valence-corrected chi connectivity index (χ2v) is 4.09. The average Bonchev–Trinajstić information content (AvgIpc) is 2.45. The maximum absolute atomic E-state index is 10.7. The lowest BCUT2D eigenvalue weighted by Crippen LogP contribution is -2.02. The van der Waals surface area contributed by atoms with Gasteiger partial charge in [0.05, 0.1) is 12.0 Å². The number of anilines is 2. The van der Waals surface area contributed by atoms with Gasteiger partial charge in [0.15, 0.2) is 0 Å². The Kier molecular flexibility index (Phi) is 3.99. The second-order valence-electron chi connectivity index (χ2n) is 4.09. The van der Waals surface area contributed by atoms with Crippen molar-refractivity contribution in [2.75, 3.05) is 18.2 Å². The van der Waals surface area contributed by atoms with Gasteiger partial charge in [0.1, 0.15) is 5.69 Å². The molecule has 3 N–H and O–H groups in total. The predicted molar refractivity (Wildman–Crippen MR) is 75.6 cm³/mol. The summed E-state index contributed by atoms with van der Waals surface area (Å²) in [7, 11) is 1.55. The number of nitro groups is 1. The highest BCUT2D eigenvalue weighted by Gasteiger charge is 2.10. The number of nitrogens with one attached hydrogen (secondary N) is 1. The van der Waals surface area contributed by atoms with Crippen LogP contribution in [0.2, 0.25) is 0 Å². The molecule has 104 valence electrons. The van der Waals surface area contributed by atoms with Gasteiger partial charge in [-0.3, -0.25) is 10.1 Å². The average molecular weight is 274 g/mol. The molecule has 2 aromatic rings. The Morgan fingerprint density at radius 2 is 2.20 bits per heavy atom. The molecule has 0 aliphatic carbocycles. The van der Waals surface area contributed by atoms with Gasteiger partial charge in [0.2, 0.25) is 5.88 Å². The number of nitrogen functional groups attached to an aromatic ring is 1. The second kappa shape index (κ2) is 5.87. The largest absolute Gasteiger partial charge is 0.481 e. The molecule has 1 aromatic heterocycles. The molecule has 2 rings (SSSR count). The standard InChI is InChI=1S/C13H14N4O3/c1-20-13-6-9(4-5-15-13)8-16-10-2-3-12(17(18)19)11(14)7-10/h2-7,16H,8,14H2,1H3. The van der Waals surface area contributed by atoms with Gasteiger partial charge in [0.25, 0.3) is 5.69 Å². The van der Waals surface area contributed by atoms with Crippen LogP contribution in [0, 0.1) is 10.1 Å². The zero-order valence-corrected chi connectivity index (χ0v) is 10.9. The van der Waals surface area contributed by atoms with Crippen LogP contribution in [-0.4, -0.2) is 17.0 Å². The number of nitrogens with zero attached hydrogens (tertiary/aromatic N) is 2. The highest BCUT2D eigenvalue weighted by Crippen LogP contribution is 2.25. The van der Waals surface area contributed by atoms with Gasteiger partial charge in [-0.15, -0.1) is 0 Å². The Labute approximate surface area is 115 Å². The molecule has 0 bridgehead atoms. The van der Waals surface area contributed by atoms with Gasteiger partial charge in [-0.05, 0) is 23.8 Å². The number of benzene rings is 1. The predicted octanol–water partition coefficient (Wildman–Crippen LogP) is 2.19. The zero-order valence-electron chi connectivity index (χ0n) is 10.9. The topological polar surface area (TPSA) is 103 Å². The SMILES string of the molecule is COc1cc(CNc2ccc([N+](=O)[O-])c(N)c2)ccn1. The Morgan fingerprint density at radius 3 is 2.85 bits per heavy atom. The highest BCUT2D eigenvalue weighted by molar-refractivity contribution is 5.65. The molecule has 1 heterocycles. The van der Waals surface area contributed by atoms with Crippen LogP contribution in [0.4, 0.5) is 17.1 Å². The molecule has 7 heteroatoms. The van der Waals surface area contributed by atoms with E-state index in [1.54, 1.807) is 19.4 Å². The zero-order chi connectivity index (χ0) is 14.5. The number of hydrogen-bond acceptors (Lipinski definition) is 6. The number of hydrogen-bond donors (Lipinski definition) is 2. The van der Waals surface area contributed by atoms with Crippen LogP contribution in [0.1, 0.15) is 5.56 Å². The fourth-order valence-corrected chi connectivity index (χ4v) is 1.71. The Bertz CT molecular complexity index is 631. The van der Waals surface area contributed by atoms with Crippen LogP contribution in [0.3, 0.4) is 0 Å². The van der Waals surface area contributed by atoms with E-state index in [2.05, 4.69) is 10.3 Å². The van der Waals surface area contributed by atoms with Crippen molar-refractivity contribution in [1.29, 1.82) is 0 Å². The number of nitrogens with two attached hydrogens (primary N) is 1. The minimum Gasteiger partial charge on any atom is -0.481 e. The molecule has 20 heavy (non-hydrogen) atoms. The third kappa shape index (κ3) is 3.14. The lowest BCUT2D eigenvalue weighted by atomic mass is 10.2. The van der Waals surface area contributed by atoms with E-state index in [4.69, 9.17) is 10.5 Å². The first-order valence-electron chi connectivity index (χ1n) is 5.87. The maximum atomic E-state index is 10.7. The van der Waals surface area contributed by atoms with Crippen LogP contribution in [-0.2, 0) is 6.54 Å². The van der Waals surface area contributed by atoms with Crippen molar-refractivity contribution in [3.63, 3.8) is 0 Å². The van der Waals surface area contributed by atoms with Crippen molar-refractivity contribution in [2.45, 2.75) is 6.54 Å². The van der Waals surface area contributed by atoms with Crippen molar-refractivity contribution in [3.8, 4) is 5.88 Å². The summed E-state index contributed by atoms with van der Waals surface area (Å²) < 4.78 is 5.03.